The molecule has 0 saturated heterocycles. The molecule has 0 saturated carbocycles. The van der Waals surface area contributed by atoms with Gasteiger partial charge in [-0.25, -0.2) is 0 Å². The van der Waals surface area contributed by atoms with E-state index < -0.39 is 0 Å². The van der Waals surface area contributed by atoms with Crippen molar-refractivity contribution in [3.05, 3.63) is 28.8 Å². The number of benzene rings is 1. The van der Waals surface area contributed by atoms with E-state index in [2.05, 4.69) is 5.32 Å². The van der Waals surface area contributed by atoms with Crippen LogP contribution in [0.3, 0.4) is 0 Å². The van der Waals surface area contributed by atoms with Crippen LogP contribution in [-0.2, 0) is 4.74 Å². The fourth-order valence-electron chi connectivity index (χ4n) is 1.24. The van der Waals surface area contributed by atoms with E-state index in [1.54, 1.807) is 0 Å². The number of hydrogen-bond donors (Lipinski definition) is 2. The van der Waals surface area contributed by atoms with Crippen LogP contribution in [0.15, 0.2) is 18.2 Å². The minimum atomic E-state index is -0.364. The van der Waals surface area contributed by atoms with Gasteiger partial charge in [-0.15, -0.1) is 0 Å². The van der Waals surface area contributed by atoms with Crippen molar-refractivity contribution < 1.29 is 14.6 Å². The smallest absolute Gasteiger partial charge is 0.255 e. The van der Waals surface area contributed by atoms with Crippen molar-refractivity contribution in [3.8, 4) is 5.75 Å². The maximum Gasteiger partial charge on any atom is 0.255 e. The summed E-state index contributed by atoms with van der Waals surface area (Å²) in [7, 11) is 0. The molecule has 0 bridgehead atoms. The van der Waals surface area contributed by atoms with Gasteiger partial charge < -0.3 is 15.2 Å². The molecular formula is C12H16ClNO3. The van der Waals surface area contributed by atoms with Gasteiger partial charge in [-0.1, -0.05) is 11.6 Å². The third-order valence-corrected chi connectivity index (χ3v) is 2.28. The van der Waals surface area contributed by atoms with Crippen molar-refractivity contribution >= 4 is 17.5 Å². The van der Waals surface area contributed by atoms with Gasteiger partial charge in [-0.2, -0.15) is 0 Å². The largest absolute Gasteiger partial charge is 0.507 e. The minimum absolute atomic E-state index is 0.0864. The zero-order chi connectivity index (χ0) is 12.8. The summed E-state index contributed by atoms with van der Waals surface area (Å²) in [6, 6.07) is 4.34. The highest BCUT2D eigenvalue weighted by atomic mass is 35.5. The fourth-order valence-corrected chi connectivity index (χ4v) is 1.42. The van der Waals surface area contributed by atoms with Gasteiger partial charge in [-0.05, 0) is 32.0 Å². The lowest BCUT2D eigenvalue weighted by Gasteiger charge is -2.09. The summed E-state index contributed by atoms with van der Waals surface area (Å²) in [6.45, 7) is 4.67. The van der Waals surface area contributed by atoms with E-state index in [4.69, 9.17) is 16.3 Å². The van der Waals surface area contributed by atoms with E-state index >= 15 is 0 Å². The minimum Gasteiger partial charge on any atom is -0.507 e. The van der Waals surface area contributed by atoms with E-state index in [1.165, 1.54) is 18.2 Å². The fraction of sp³-hybridized carbons (Fsp3) is 0.417. The van der Waals surface area contributed by atoms with Crippen LogP contribution < -0.4 is 5.32 Å². The number of phenols is 1. The van der Waals surface area contributed by atoms with Gasteiger partial charge in [0.15, 0.2) is 0 Å². The van der Waals surface area contributed by atoms with Crippen molar-refractivity contribution in [1.29, 1.82) is 0 Å². The third kappa shape index (κ3) is 4.63. The van der Waals surface area contributed by atoms with Crippen LogP contribution >= 0.6 is 11.6 Å². The molecule has 1 aromatic rings. The molecule has 0 radical (unpaired) electrons. The Bertz CT molecular complexity index is 393. The summed E-state index contributed by atoms with van der Waals surface area (Å²) < 4.78 is 5.28. The standard InChI is InChI=1S/C12H16ClNO3/c1-8(2)17-6-5-14-12(16)10-7-9(13)3-4-11(10)15/h3-4,7-8,15H,5-6H2,1-2H3,(H,14,16). The summed E-state index contributed by atoms with van der Waals surface area (Å²) in [6.07, 6.45) is 0.131. The lowest BCUT2D eigenvalue weighted by Crippen LogP contribution is -2.28. The number of phenolic OH excluding ortho intramolecular Hbond substituents is 1. The summed E-state index contributed by atoms with van der Waals surface area (Å²) >= 11 is 5.75. The number of carbonyl (C=O) groups is 1. The average Bonchev–Trinajstić information content (AvgIpc) is 2.27. The van der Waals surface area contributed by atoms with Crippen LogP contribution in [0.2, 0.25) is 5.02 Å². The van der Waals surface area contributed by atoms with Gasteiger partial charge in [0.2, 0.25) is 0 Å². The van der Waals surface area contributed by atoms with Gasteiger partial charge in [0.25, 0.3) is 5.91 Å². The second-order valence-corrected chi connectivity index (χ2v) is 4.27. The third-order valence-electron chi connectivity index (χ3n) is 2.04. The molecule has 1 aromatic carbocycles. The first-order valence-electron chi connectivity index (χ1n) is 5.39. The number of ether oxygens (including phenoxy) is 1. The SMILES string of the molecule is CC(C)OCCNC(=O)c1cc(Cl)ccc1O. The Labute approximate surface area is 106 Å². The highest BCUT2D eigenvalue weighted by Gasteiger charge is 2.10. The maximum atomic E-state index is 11.7. The van der Waals surface area contributed by atoms with E-state index in [-0.39, 0.29) is 23.3 Å². The lowest BCUT2D eigenvalue weighted by atomic mass is 10.2. The molecule has 0 aliphatic rings. The van der Waals surface area contributed by atoms with E-state index in [1.807, 2.05) is 13.8 Å². The zero-order valence-electron chi connectivity index (χ0n) is 9.87. The predicted molar refractivity (Wildman–Crippen MR) is 66.5 cm³/mol. The van der Waals surface area contributed by atoms with E-state index in [9.17, 15) is 9.90 Å². The van der Waals surface area contributed by atoms with E-state index in [0.717, 1.165) is 0 Å². The topological polar surface area (TPSA) is 58.6 Å². The quantitative estimate of drug-likeness (QED) is 0.795. The monoisotopic (exact) mass is 257 g/mol. The molecular weight excluding hydrogens is 242 g/mol. The van der Waals surface area contributed by atoms with Gasteiger partial charge in [0.05, 0.1) is 18.3 Å². The van der Waals surface area contributed by atoms with Crippen molar-refractivity contribution in [2.45, 2.75) is 20.0 Å². The molecule has 0 spiro atoms. The van der Waals surface area contributed by atoms with Crippen molar-refractivity contribution in [3.63, 3.8) is 0 Å². The summed E-state index contributed by atoms with van der Waals surface area (Å²) in [4.78, 5) is 11.7. The molecule has 17 heavy (non-hydrogen) atoms. The Hall–Kier alpha value is -1.26. The molecule has 0 fully saturated rings. The summed E-state index contributed by atoms with van der Waals surface area (Å²) in [5, 5.41) is 12.5. The Kier molecular flexibility index (Phi) is 5.25. The number of aromatic hydroxyl groups is 1. The van der Waals surface area contributed by atoms with Crippen molar-refractivity contribution in [1.82, 2.24) is 5.32 Å². The summed E-state index contributed by atoms with van der Waals surface area (Å²) in [5.74, 6) is -0.450. The molecule has 1 amide bonds. The Morgan fingerprint density at radius 3 is 2.88 bits per heavy atom. The first-order valence-corrected chi connectivity index (χ1v) is 5.77. The van der Waals surface area contributed by atoms with Crippen LogP contribution in [-0.4, -0.2) is 30.3 Å². The molecule has 0 aliphatic heterocycles. The van der Waals surface area contributed by atoms with Gasteiger partial charge in [0.1, 0.15) is 5.75 Å². The lowest BCUT2D eigenvalue weighted by molar-refractivity contribution is 0.0745. The highest BCUT2D eigenvalue weighted by molar-refractivity contribution is 6.31. The van der Waals surface area contributed by atoms with Crippen LogP contribution in [0.4, 0.5) is 0 Å². The van der Waals surface area contributed by atoms with Crippen LogP contribution in [0, 0.1) is 0 Å². The van der Waals surface area contributed by atoms with Crippen LogP contribution in [0.1, 0.15) is 24.2 Å². The van der Waals surface area contributed by atoms with Crippen molar-refractivity contribution in [2.75, 3.05) is 13.2 Å². The average molecular weight is 258 g/mol. The molecule has 94 valence electrons. The molecule has 4 nitrogen and oxygen atoms in total. The van der Waals surface area contributed by atoms with Crippen molar-refractivity contribution in [2.24, 2.45) is 0 Å². The molecule has 5 heteroatoms. The van der Waals surface area contributed by atoms with Gasteiger partial charge in [-0.3, -0.25) is 4.79 Å². The Morgan fingerprint density at radius 2 is 2.24 bits per heavy atom. The number of rotatable bonds is 5. The maximum absolute atomic E-state index is 11.7. The normalized spacial score (nSPS) is 10.6. The first-order chi connectivity index (χ1) is 8.00. The highest BCUT2D eigenvalue weighted by Crippen LogP contribution is 2.21. The molecule has 2 N–H and O–H groups in total. The Balaban J connectivity index is 2.49. The molecule has 0 heterocycles. The number of nitrogens with one attached hydrogen (secondary N) is 1. The predicted octanol–water partition coefficient (Wildman–Crippen LogP) is 2.20. The van der Waals surface area contributed by atoms with E-state index in [0.29, 0.717) is 18.2 Å². The molecule has 0 atom stereocenters. The molecule has 0 aliphatic carbocycles. The van der Waals surface area contributed by atoms with Crippen LogP contribution in [0.5, 0.6) is 5.75 Å². The molecule has 0 unspecified atom stereocenters. The first kappa shape index (κ1) is 13.8. The Morgan fingerprint density at radius 1 is 1.53 bits per heavy atom. The number of amides is 1. The number of carbonyl (C=O) groups excluding carboxylic acids is 1. The second-order valence-electron chi connectivity index (χ2n) is 3.84. The molecule has 1 rings (SSSR count). The number of halogens is 1. The van der Waals surface area contributed by atoms with Crippen LogP contribution in [0.25, 0.3) is 0 Å². The number of hydrogen-bond acceptors (Lipinski definition) is 3. The zero-order valence-corrected chi connectivity index (χ0v) is 10.6. The summed E-state index contributed by atoms with van der Waals surface area (Å²) in [5.41, 5.74) is 0.169. The van der Waals surface area contributed by atoms with Gasteiger partial charge in [0, 0.05) is 11.6 Å². The second kappa shape index (κ2) is 6.47. The van der Waals surface area contributed by atoms with Gasteiger partial charge >= 0.3 is 0 Å². The molecule has 0 aromatic heterocycles.